The first kappa shape index (κ1) is 13.1. The molecule has 1 aromatic rings. The van der Waals surface area contributed by atoms with Gasteiger partial charge in [0.2, 0.25) is 0 Å². The fraction of sp³-hybridized carbons (Fsp3) is 0.500. The first-order valence-electron chi connectivity index (χ1n) is 6.25. The van der Waals surface area contributed by atoms with Crippen molar-refractivity contribution in [2.24, 2.45) is 11.7 Å². The Kier molecular flexibility index (Phi) is 3.76. The second-order valence-electron chi connectivity index (χ2n) is 5.04. The minimum atomic E-state index is -0.776. The van der Waals surface area contributed by atoms with E-state index in [1.165, 1.54) is 13.0 Å². The molecule has 1 saturated carbocycles. The summed E-state index contributed by atoms with van der Waals surface area (Å²) in [6.07, 6.45) is 2.90. The molecule has 0 spiro atoms. The lowest BCUT2D eigenvalue weighted by Crippen LogP contribution is -2.32. The van der Waals surface area contributed by atoms with Crippen LogP contribution < -0.4 is 5.73 Å². The van der Waals surface area contributed by atoms with Gasteiger partial charge >= 0.3 is 0 Å². The van der Waals surface area contributed by atoms with Crippen molar-refractivity contribution in [2.75, 3.05) is 0 Å². The van der Waals surface area contributed by atoms with Crippen LogP contribution in [0.1, 0.15) is 41.6 Å². The summed E-state index contributed by atoms with van der Waals surface area (Å²) in [7, 11) is 0. The molecular weight excluding hydrogens is 236 g/mol. The Morgan fingerprint density at radius 2 is 2.06 bits per heavy atom. The monoisotopic (exact) mass is 253 g/mol. The number of nitrogens with two attached hydrogens (primary N) is 1. The van der Waals surface area contributed by atoms with Gasteiger partial charge in [-0.2, -0.15) is 0 Å². The highest BCUT2D eigenvalue weighted by atomic mass is 19.1. The maximum atomic E-state index is 13.9. The molecule has 0 aliphatic heterocycles. The van der Waals surface area contributed by atoms with Crippen LogP contribution in [0.25, 0.3) is 0 Å². The van der Waals surface area contributed by atoms with Crippen molar-refractivity contribution in [1.29, 1.82) is 0 Å². The number of hydrogen-bond acceptors (Lipinski definition) is 2. The van der Waals surface area contributed by atoms with E-state index < -0.39 is 23.0 Å². The summed E-state index contributed by atoms with van der Waals surface area (Å²) in [6.45, 7) is 1.53. The smallest absolute Gasteiger partial charge is 0.171 e. The molecular formula is C14H17F2NO. The Morgan fingerprint density at radius 3 is 2.72 bits per heavy atom. The Hall–Kier alpha value is -1.29. The third kappa shape index (κ3) is 2.43. The SMILES string of the molecule is Cc1ccc(F)c(C(=O)C2CCCC(N)C2)c1F. The van der Waals surface area contributed by atoms with E-state index in [0.717, 1.165) is 18.9 Å². The van der Waals surface area contributed by atoms with Crippen molar-refractivity contribution in [1.82, 2.24) is 0 Å². The number of Topliss-reactive ketones (excluding diaryl/α,β-unsaturated/α-hetero) is 1. The van der Waals surface area contributed by atoms with E-state index in [-0.39, 0.29) is 12.0 Å². The number of carbonyl (C=O) groups is 1. The fourth-order valence-electron chi connectivity index (χ4n) is 2.55. The van der Waals surface area contributed by atoms with Gasteiger partial charge in [-0.15, -0.1) is 0 Å². The normalized spacial score (nSPS) is 24.0. The molecule has 2 rings (SSSR count). The zero-order valence-corrected chi connectivity index (χ0v) is 10.4. The van der Waals surface area contributed by atoms with Crippen LogP contribution >= 0.6 is 0 Å². The molecule has 18 heavy (non-hydrogen) atoms. The second kappa shape index (κ2) is 5.14. The molecule has 1 aliphatic carbocycles. The molecule has 98 valence electrons. The van der Waals surface area contributed by atoms with Crippen LogP contribution in [0.4, 0.5) is 8.78 Å². The van der Waals surface area contributed by atoms with E-state index in [2.05, 4.69) is 0 Å². The van der Waals surface area contributed by atoms with Crippen molar-refractivity contribution in [2.45, 2.75) is 38.6 Å². The maximum absolute atomic E-state index is 13.9. The van der Waals surface area contributed by atoms with E-state index in [4.69, 9.17) is 5.73 Å². The molecule has 1 fully saturated rings. The van der Waals surface area contributed by atoms with Crippen LogP contribution in [0.5, 0.6) is 0 Å². The molecule has 0 bridgehead atoms. The molecule has 0 saturated heterocycles. The van der Waals surface area contributed by atoms with Gasteiger partial charge in [-0.05, 0) is 37.8 Å². The number of carbonyl (C=O) groups excluding carboxylic acids is 1. The first-order chi connectivity index (χ1) is 8.50. The van der Waals surface area contributed by atoms with Crippen molar-refractivity contribution in [3.05, 3.63) is 34.9 Å². The van der Waals surface area contributed by atoms with Crippen LogP contribution in [0, 0.1) is 24.5 Å². The maximum Gasteiger partial charge on any atom is 0.171 e. The van der Waals surface area contributed by atoms with Crippen molar-refractivity contribution < 1.29 is 13.6 Å². The third-order valence-corrected chi connectivity index (χ3v) is 3.62. The van der Waals surface area contributed by atoms with Gasteiger partial charge in [0.1, 0.15) is 11.6 Å². The van der Waals surface area contributed by atoms with Gasteiger partial charge in [-0.25, -0.2) is 8.78 Å². The van der Waals surface area contributed by atoms with E-state index in [1.807, 2.05) is 0 Å². The summed E-state index contributed by atoms with van der Waals surface area (Å²) in [5.74, 6) is -2.30. The van der Waals surface area contributed by atoms with Crippen molar-refractivity contribution in [3.8, 4) is 0 Å². The molecule has 0 heterocycles. The topological polar surface area (TPSA) is 43.1 Å². The summed E-state index contributed by atoms with van der Waals surface area (Å²) < 4.78 is 27.5. The fourth-order valence-corrected chi connectivity index (χ4v) is 2.55. The zero-order chi connectivity index (χ0) is 13.3. The van der Waals surface area contributed by atoms with E-state index in [1.54, 1.807) is 0 Å². The minimum absolute atomic E-state index is 0.0383. The molecule has 2 atom stereocenters. The van der Waals surface area contributed by atoms with E-state index in [9.17, 15) is 13.6 Å². The van der Waals surface area contributed by atoms with Crippen LogP contribution in [0.15, 0.2) is 12.1 Å². The third-order valence-electron chi connectivity index (χ3n) is 3.62. The van der Waals surface area contributed by atoms with Gasteiger partial charge in [0.05, 0.1) is 5.56 Å². The lowest BCUT2D eigenvalue weighted by Gasteiger charge is -2.25. The quantitative estimate of drug-likeness (QED) is 0.823. The number of hydrogen-bond donors (Lipinski definition) is 1. The lowest BCUT2D eigenvalue weighted by molar-refractivity contribution is 0.0872. The molecule has 0 amide bonds. The van der Waals surface area contributed by atoms with Crippen LogP contribution in [-0.4, -0.2) is 11.8 Å². The number of halogens is 2. The van der Waals surface area contributed by atoms with E-state index >= 15 is 0 Å². The standard InChI is InChI=1S/C14H17F2NO/c1-8-5-6-11(15)12(13(8)16)14(18)9-3-2-4-10(17)7-9/h5-6,9-10H,2-4,7,17H2,1H3. The average molecular weight is 253 g/mol. The molecule has 2 nitrogen and oxygen atoms in total. The highest BCUT2D eigenvalue weighted by Crippen LogP contribution is 2.29. The summed E-state index contributed by atoms with van der Waals surface area (Å²) in [5, 5.41) is 0. The molecule has 1 aliphatic rings. The Balaban J connectivity index is 2.31. The highest BCUT2D eigenvalue weighted by molar-refractivity contribution is 5.98. The Bertz CT molecular complexity index is 473. The van der Waals surface area contributed by atoms with Crippen LogP contribution in [0.3, 0.4) is 0 Å². The summed E-state index contributed by atoms with van der Waals surface area (Å²) in [4.78, 5) is 12.2. The molecule has 2 unspecified atom stereocenters. The summed E-state index contributed by atoms with van der Waals surface area (Å²) >= 11 is 0. The van der Waals surface area contributed by atoms with Crippen LogP contribution in [0.2, 0.25) is 0 Å². The Morgan fingerprint density at radius 1 is 1.33 bits per heavy atom. The number of rotatable bonds is 2. The van der Waals surface area contributed by atoms with Gasteiger partial charge in [0.25, 0.3) is 0 Å². The second-order valence-corrected chi connectivity index (χ2v) is 5.04. The summed E-state index contributed by atoms with van der Waals surface area (Å²) in [5.41, 5.74) is 5.70. The summed E-state index contributed by atoms with van der Waals surface area (Å²) in [6, 6.07) is 2.45. The van der Waals surface area contributed by atoms with Gasteiger partial charge in [-0.1, -0.05) is 12.5 Å². The molecule has 0 radical (unpaired) electrons. The number of aryl methyl sites for hydroxylation is 1. The molecule has 4 heteroatoms. The van der Waals surface area contributed by atoms with E-state index in [0.29, 0.717) is 18.4 Å². The predicted octanol–water partition coefficient (Wildman–Crippen LogP) is 2.97. The highest BCUT2D eigenvalue weighted by Gasteiger charge is 2.30. The molecule has 0 aromatic heterocycles. The lowest BCUT2D eigenvalue weighted by atomic mass is 9.81. The minimum Gasteiger partial charge on any atom is -0.328 e. The molecule has 2 N–H and O–H groups in total. The van der Waals surface area contributed by atoms with Gasteiger partial charge in [0, 0.05) is 12.0 Å². The van der Waals surface area contributed by atoms with Gasteiger partial charge in [0.15, 0.2) is 5.78 Å². The Labute approximate surface area is 105 Å². The van der Waals surface area contributed by atoms with Gasteiger partial charge < -0.3 is 5.73 Å². The van der Waals surface area contributed by atoms with Crippen molar-refractivity contribution >= 4 is 5.78 Å². The van der Waals surface area contributed by atoms with Crippen LogP contribution in [-0.2, 0) is 0 Å². The first-order valence-corrected chi connectivity index (χ1v) is 6.25. The number of benzene rings is 1. The largest absolute Gasteiger partial charge is 0.328 e. The molecule has 1 aromatic carbocycles. The van der Waals surface area contributed by atoms with Gasteiger partial charge in [-0.3, -0.25) is 4.79 Å². The average Bonchev–Trinajstić information content (AvgIpc) is 2.34. The zero-order valence-electron chi connectivity index (χ0n) is 10.4. The predicted molar refractivity (Wildman–Crippen MR) is 65.4 cm³/mol. The van der Waals surface area contributed by atoms with Crippen molar-refractivity contribution in [3.63, 3.8) is 0 Å². The number of ketones is 1.